The number of aromatic hydroxyl groups is 2. The molecule has 0 saturated heterocycles. The van der Waals surface area contributed by atoms with Gasteiger partial charge in [0.1, 0.15) is 23.0 Å². The van der Waals surface area contributed by atoms with Crippen LogP contribution in [0.4, 0.5) is 0 Å². The van der Waals surface area contributed by atoms with Crippen molar-refractivity contribution in [3.05, 3.63) is 80.8 Å². The first-order valence-electron chi connectivity index (χ1n) is 7.98. The second kappa shape index (κ2) is 6.21. The predicted molar refractivity (Wildman–Crippen MR) is 105 cm³/mol. The molecule has 0 atom stereocenters. The van der Waals surface area contributed by atoms with Gasteiger partial charge in [0.05, 0.1) is 15.6 Å². The first-order valence-corrected chi connectivity index (χ1v) is 8.74. The number of phenolic OH excluding ortho intramolecular Hbond substituents is 2. The molecule has 0 bridgehead atoms. The zero-order valence-electron chi connectivity index (χ0n) is 13.9. The molecule has 0 aliphatic carbocycles. The molecule has 0 amide bonds. The molecule has 2 aliphatic heterocycles. The number of carbonyl (C=O) groups is 1. The molecular formula is C20H11Cl3O5. The third-order valence-corrected chi connectivity index (χ3v) is 5.45. The Bertz CT molecular complexity index is 1100. The average molecular weight is 438 g/mol. The lowest BCUT2D eigenvalue weighted by atomic mass is 9.77. The molecule has 1 spiro atoms. The van der Waals surface area contributed by atoms with Crippen LogP contribution in [-0.4, -0.2) is 16.2 Å². The zero-order chi connectivity index (χ0) is 18.9. The van der Waals surface area contributed by atoms with Crippen molar-refractivity contribution in [2.75, 3.05) is 0 Å². The summed E-state index contributed by atoms with van der Waals surface area (Å²) in [6.45, 7) is 0. The second-order valence-corrected chi connectivity index (χ2v) is 7.13. The third-order valence-electron chi connectivity index (χ3n) is 4.85. The summed E-state index contributed by atoms with van der Waals surface area (Å²) < 4.78 is 11.8. The van der Waals surface area contributed by atoms with Gasteiger partial charge in [0.2, 0.25) is 0 Å². The highest BCUT2D eigenvalue weighted by Gasteiger charge is 2.54. The average Bonchev–Trinajstić information content (AvgIpc) is 2.93. The highest BCUT2D eigenvalue weighted by molar-refractivity contribution is 6.32. The summed E-state index contributed by atoms with van der Waals surface area (Å²) in [7, 11) is 0. The number of esters is 1. The lowest BCUT2D eigenvalue weighted by Crippen LogP contribution is -2.33. The molecule has 2 N–H and O–H groups in total. The number of ether oxygens (including phenoxy) is 2. The quantitative estimate of drug-likeness (QED) is 0.461. The largest absolute Gasteiger partial charge is 0.506 e. The topological polar surface area (TPSA) is 76.0 Å². The fourth-order valence-electron chi connectivity index (χ4n) is 3.69. The molecule has 0 unspecified atom stereocenters. The van der Waals surface area contributed by atoms with E-state index in [1.54, 1.807) is 24.3 Å². The first kappa shape index (κ1) is 18.7. The molecule has 5 rings (SSSR count). The molecular weight excluding hydrogens is 427 g/mol. The Kier molecular flexibility index (Phi) is 4.16. The van der Waals surface area contributed by atoms with Gasteiger partial charge in [-0.05, 0) is 18.2 Å². The highest BCUT2D eigenvalue weighted by Crippen LogP contribution is 2.58. The fraction of sp³-hybridized carbons (Fsp3) is 0.0500. The Morgan fingerprint density at radius 3 is 1.93 bits per heavy atom. The van der Waals surface area contributed by atoms with Crippen LogP contribution in [0, 0.1) is 0 Å². The van der Waals surface area contributed by atoms with Crippen molar-refractivity contribution in [2.24, 2.45) is 0 Å². The molecule has 2 aliphatic rings. The fourth-order valence-corrected chi connectivity index (χ4v) is 4.01. The monoisotopic (exact) mass is 436 g/mol. The molecule has 2 heterocycles. The van der Waals surface area contributed by atoms with Crippen molar-refractivity contribution in [3.8, 4) is 23.0 Å². The van der Waals surface area contributed by atoms with Gasteiger partial charge in [-0.3, -0.25) is 0 Å². The van der Waals surface area contributed by atoms with Crippen molar-refractivity contribution in [1.29, 1.82) is 0 Å². The molecule has 5 nitrogen and oxygen atoms in total. The van der Waals surface area contributed by atoms with Crippen molar-refractivity contribution in [3.63, 3.8) is 0 Å². The van der Waals surface area contributed by atoms with Crippen LogP contribution in [-0.2, 0) is 10.3 Å². The van der Waals surface area contributed by atoms with Gasteiger partial charge in [0.15, 0.2) is 5.60 Å². The van der Waals surface area contributed by atoms with Crippen LogP contribution in [0.25, 0.3) is 0 Å². The minimum atomic E-state index is -1.36. The van der Waals surface area contributed by atoms with E-state index in [0.717, 1.165) is 0 Å². The summed E-state index contributed by atoms with van der Waals surface area (Å²) in [5.74, 6) is -0.335. The van der Waals surface area contributed by atoms with Crippen molar-refractivity contribution in [2.45, 2.75) is 5.60 Å². The van der Waals surface area contributed by atoms with E-state index in [1.165, 1.54) is 24.3 Å². The summed E-state index contributed by atoms with van der Waals surface area (Å²) in [5.41, 5.74) is 0.565. The van der Waals surface area contributed by atoms with Crippen molar-refractivity contribution >= 4 is 41.6 Å². The van der Waals surface area contributed by atoms with Gasteiger partial charge in [-0.2, -0.15) is 0 Å². The highest BCUT2D eigenvalue weighted by atomic mass is 35.5. The van der Waals surface area contributed by atoms with E-state index < -0.39 is 11.6 Å². The van der Waals surface area contributed by atoms with Crippen LogP contribution in [0.2, 0.25) is 10.0 Å². The Labute approximate surface area is 175 Å². The summed E-state index contributed by atoms with van der Waals surface area (Å²) in [4.78, 5) is 12.6. The minimum absolute atomic E-state index is 0. The van der Waals surface area contributed by atoms with E-state index in [2.05, 4.69) is 0 Å². The molecule has 3 aromatic rings. The zero-order valence-corrected chi connectivity index (χ0v) is 16.2. The predicted octanol–water partition coefficient (Wildman–Crippen LogP) is 5.39. The molecule has 0 fully saturated rings. The van der Waals surface area contributed by atoms with Crippen LogP contribution < -0.4 is 4.74 Å². The number of halogens is 3. The van der Waals surface area contributed by atoms with Crippen molar-refractivity contribution in [1.82, 2.24) is 0 Å². The van der Waals surface area contributed by atoms with Gasteiger partial charge in [-0.1, -0.05) is 41.4 Å². The van der Waals surface area contributed by atoms with E-state index in [4.69, 9.17) is 32.7 Å². The SMILES string of the molecule is Cl.O=C1OC2(c3cc(Cl)c(O)cc3Oc3cc(O)c(Cl)cc32)c2ccccc21. The number of phenols is 2. The maximum Gasteiger partial charge on any atom is 0.340 e. The van der Waals surface area contributed by atoms with E-state index >= 15 is 0 Å². The van der Waals surface area contributed by atoms with Gasteiger partial charge >= 0.3 is 5.97 Å². The summed E-state index contributed by atoms with van der Waals surface area (Å²) >= 11 is 12.3. The molecule has 28 heavy (non-hydrogen) atoms. The first-order chi connectivity index (χ1) is 12.9. The van der Waals surface area contributed by atoms with Crippen LogP contribution in [0.1, 0.15) is 27.0 Å². The Hall–Kier alpha value is -2.60. The van der Waals surface area contributed by atoms with Crippen LogP contribution in [0.5, 0.6) is 23.0 Å². The molecule has 0 aromatic heterocycles. The number of carbonyl (C=O) groups excluding carboxylic acids is 1. The summed E-state index contributed by atoms with van der Waals surface area (Å²) in [5, 5.41) is 20.2. The smallest absolute Gasteiger partial charge is 0.340 e. The maximum atomic E-state index is 12.6. The number of benzene rings is 3. The molecule has 142 valence electrons. The lowest BCUT2D eigenvalue weighted by molar-refractivity contribution is 0.0224. The Morgan fingerprint density at radius 1 is 0.821 bits per heavy atom. The molecule has 8 heteroatoms. The van der Waals surface area contributed by atoms with Gasteiger partial charge in [0.25, 0.3) is 0 Å². The van der Waals surface area contributed by atoms with E-state index in [0.29, 0.717) is 22.3 Å². The summed E-state index contributed by atoms with van der Waals surface area (Å²) in [6.07, 6.45) is 0. The minimum Gasteiger partial charge on any atom is -0.506 e. The van der Waals surface area contributed by atoms with Gasteiger partial charge < -0.3 is 19.7 Å². The number of hydrogen-bond acceptors (Lipinski definition) is 5. The van der Waals surface area contributed by atoms with Crippen LogP contribution in [0.3, 0.4) is 0 Å². The number of hydrogen-bond donors (Lipinski definition) is 2. The molecule has 3 aromatic carbocycles. The van der Waals surface area contributed by atoms with Gasteiger partial charge in [-0.25, -0.2) is 4.79 Å². The Balaban J connectivity index is 0.00000192. The molecule has 0 radical (unpaired) electrons. The van der Waals surface area contributed by atoms with Gasteiger partial charge in [-0.15, -0.1) is 12.4 Å². The van der Waals surface area contributed by atoms with Crippen LogP contribution >= 0.6 is 35.6 Å². The normalized spacial score (nSPS) is 15.0. The standard InChI is InChI=1S/C20H10Cl2O5.ClH/c21-13-5-11-17(7-15(13)23)26-18-8-16(24)14(22)6-12(18)20(11)10-4-2-1-3-9(10)19(25)27-20;/h1-8,23-24H;1H. The third kappa shape index (κ3) is 2.30. The van der Waals surface area contributed by atoms with E-state index in [-0.39, 0.29) is 45.5 Å². The number of rotatable bonds is 0. The lowest BCUT2D eigenvalue weighted by Gasteiger charge is -2.36. The van der Waals surface area contributed by atoms with Gasteiger partial charge in [0, 0.05) is 28.8 Å². The maximum absolute atomic E-state index is 12.6. The summed E-state index contributed by atoms with van der Waals surface area (Å²) in [6, 6.07) is 12.7. The van der Waals surface area contributed by atoms with Crippen LogP contribution in [0.15, 0.2) is 48.5 Å². The number of fused-ring (bicyclic) bond motifs is 6. The Morgan fingerprint density at radius 2 is 1.36 bits per heavy atom. The second-order valence-electron chi connectivity index (χ2n) is 6.32. The van der Waals surface area contributed by atoms with E-state index in [1.807, 2.05) is 0 Å². The van der Waals surface area contributed by atoms with E-state index in [9.17, 15) is 15.0 Å². The van der Waals surface area contributed by atoms with Crippen molar-refractivity contribution < 1.29 is 24.5 Å². The molecule has 0 saturated carbocycles.